The minimum atomic E-state index is 0.748. The van der Waals surface area contributed by atoms with Gasteiger partial charge in [0.05, 0.1) is 6.61 Å². The lowest BCUT2D eigenvalue weighted by molar-refractivity contribution is 0.136. The molecule has 0 aliphatic rings. The molecule has 0 spiro atoms. The molecule has 27 heavy (non-hydrogen) atoms. The van der Waals surface area contributed by atoms with Gasteiger partial charge in [-0.15, -0.1) is 0 Å². The molecule has 0 saturated carbocycles. The summed E-state index contributed by atoms with van der Waals surface area (Å²) in [6.45, 7) is 8.95. The minimum Gasteiger partial charge on any atom is -0.385 e. The van der Waals surface area contributed by atoms with E-state index in [0.29, 0.717) is 0 Å². The Bertz CT molecular complexity index is 482. The van der Waals surface area contributed by atoms with E-state index < -0.39 is 0 Å². The molecule has 1 rings (SSSR count). The number of likely N-dealkylation sites (N-methyl/N-ethyl adjacent to an activating group) is 1. The molecule has 0 aliphatic carbocycles. The fourth-order valence-corrected chi connectivity index (χ4v) is 2.59. The normalized spacial score (nSPS) is 11.8. The smallest absolute Gasteiger partial charge is 0.191 e. The number of ether oxygens (including phenoxy) is 2. The van der Waals surface area contributed by atoms with E-state index >= 15 is 0 Å². The topological polar surface area (TPSA) is 58.1 Å². The maximum absolute atomic E-state index is 5.71. The van der Waals surface area contributed by atoms with E-state index in [-0.39, 0.29) is 0 Å². The second-order valence-electron chi connectivity index (χ2n) is 6.54. The number of hydrogen-bond acceptors (Lipinski definition) is 4. The van der Waals surface area contributed by atoms with E-state index in [1.165, 1.54) is 5.56 Å². The van der Waals surface area contributed by atoms with Crippen molar-refractivity contribution >= 4 is 5.96 Å². The number of nitrogens with one attached hydrogen (secondary N) is 2. The zero-order valence-electron chi connectivity index (χ0n) is 17.4. The fourth-order valence-electron chi connectivity index (χ4n) is 2.59. The number of hydrogen-bond donors (Lipinski definition) is 2. The summed E-state index contributed by atoms with van der Waals surface area (Å²) in [5, 5.41) is 6.68. The minimum absolute atomic E-state index is 0.748. The van der Waals surface area contributed by atoms with Crippen LogP contribution in [0.25, 0.3) is 0 Å². The quantitative estimate of drug-likeness (QED) is 0.278. The summed E-state index contributed by atoms with van der Waals surface area (Å²) < 4.78 is 10.8. The Labute approximate surface area is 165 Å². The van der Waals surface area contributed by atoms with E-state index in [9.17, 15) is 0 Å². The highest BCUT2D eigenvalue weighted by Gasteiger charge is 2.00. The summed E-state index contributed by atoms with van der Waals surface area (Å²) in [4.78, 5) is 6.92. The summed E-state index contributed by atoms with van der Waals surface area (Å²) in [5.74, 6) is 0.882. The van der Waals surface area contributed by atoms with Crippen LogP contribution in [0.2, 0.25) is 0 Å². The number of nitrogens with zero attached hydrogens (tertiary/aromatic N) is 2. The number of guanidine groups is 1. The Morgan fingerprint density at radius 3 is 2.59 bits per heavy atom. The Balaban J connectivity index is 2.10. The number of rotatable bonds is 15. The second kappa shape index (κ2) is 16.5. The SMILES string of the molecule is CCNC(=NCCCOCCc1ccccc1)NCCN(C)CCCOC. The first-order valence-electron chi connectivity index (χ1n) is 10.1. The molecule has 6 nitrogen and oxygen atoms in total. The molecule has 1 aromatic rings. The number of benzene rings is 1. The molecule has 0 saturated heterocycles. The highest BCUT2D eigenvalue weighted by atomic mass is 16.5. The van der Waals surface area contributed by atoms with Crippen LogP contribution in [0.15, 0.2) is 35.3 Å². The molecule has 6 heteroatoms. The van der Waals surface area contributed by atoms with Crippen LogP contribution in [0.1, 0.15) is 25.3 Å². The Kier molecular flexibility index (Phi) is 14.3. The first-order valence-corrected chi connectivity index (χ1v) is 10.1. The number of methoxy groups -OCH3 is 1. The van der Waals surface area contributed by atoms with Crippen LogP contribution in [-0.2, 0) is 15.9 Å². The van der Waals surface area contributed by atoms with Crippen LogP contribution >= 0.6 is 0 Å². The van der Waals surface area contributed by atoms with Crippen molar-refractivity contribution in [3.63, 3.8) is 0 Å². The number of aliphatic imine (C=N–C) groups is 1. The highest BCUT2D eigenvalue weighted by Crippen LogP contribution is 1.99. The van der Waals surface area contributed by atoms with E-state index in [2.05, 4.69) is 58.8 Å². The molecule has 0 aliphatic heterocycles. The van der Waals surface area contributed by atoms with Crippen molar-refractivity contribution < 1.29 is 9.47 Å². The molecule has 2 N–H and O–H groups in total. The van der Waals surface area contributed by atoms with E-state index in [1.807, 2.05) is 6.07 Å². The maximum atomic E-state index is 5.71. The highest BCUT2D eigenvalue weighted by molar-refractivity contribution is 5.79. The third-order valence-electron chi connectivity index (χ3n) is 4.11. The van der Waals surface area contributed by atoms with Gasteiger partial charge in [-0.3, -0.25) is 4.99 Å². The molecule has 0 amide bonds. The zero-order valence-corrected chi connectivity index (χ0v) is 17.4. The summed E-state index contributed by atoms with van der Waals surface area (Å²) in [5.41, 5.74) is 1.32. The van der Waals surface area contributed by atoms with Crippen LogP contribution < -0.4 is 10.6 Å². The average Bonchev–Trinajstić information content (AvgIpc) is 2.68. The van der Waals surface area contributed by atoms with Crippen LogP contribution in [0, 0.1) is 0 Å². The van der Waals surface area contributed by atoms with Gasteiger partial charge in [0.25, 0.3) is 0 Å². The van der Waals surface area contributed by atoms with Crippen molar-refractivity contribution in [3.05, 3.63) is 35.9 Å². The molecule has 0 aromatic heterocycles. The lowest BCUT2D eigenvalue weighted by Gasteiger charge is -2.18. The molecule has 0 radical (unpaired) electrons. The van der Waals surface area contributed by atoms with Crippen LogP contribution in [-0.4, -0.2) is 77.6 Å². The fraction of sp³-hybridized carbons (Fsp3) is 0.667. The molecule has 0 atom stereocenters. The maximum Gasteiger partial charge on any atom is 0.191 e. The predicted molar refractivity (Wildman–Crippen MR) is 114 cm³/mol. The lowest BCUT2D eigenvalue weighted by atomic mass is 10.2. The summed E-state index contributed by atoms with van der Waals surface area (Å²) in [7, 11) is 3.88. The summed E-state index contributed by atoms with van der Waals surface area (Å²) in [6.07, 6.45) is 2.96. The van der Waals surface area contributed by atoms with Gasteiger partial charge < -0.3 is 25.0 Å². The third-order valence-corrected chi connectivity index (χ3v) is 4.11. The molecule has 1 aromatic carbocycles. The summed E-state index contributed by atoms with van der Waals surface area (Å²) >= 11 is 0. The van der Waals surface area contributed by atoms with E-state index in [0.717, 1.165) is 77.8 Å². The van der Waals surface area contributed by atoms with Crippen molar-refractivity contribution in [2.45, 2.75) is 26.2 Å². The van der Waals surface area contributed by atoms with Gasteiger partial charge in [-0.1, -0.05) is 30.3 Å². The van der Waals surface area contributed by atoms with Crippen LogP contribution in [0.3, 0.4) is 0 Å². The van der Waals surface area contributed by atoms with Crippen LogP contribution in [0.5, 0.6) is 0 Å². The van der Waals surface area contributed by atoms with Crippen molar-refractivity contribution in [1.82, 2.24) is 15.5 Å². The van der Waals surface area contributed by atoms with Gasteiger partial charge in [0.15, 0.2) is 5.96 Å². The van der Waals surface area contributed by atoms with Gasteiger partial charge in [-0.05, 0) is 38.8 Å². The molecule has 0 heterocycles. The van der Waals surface area contributed by atoms with Crippen molar-refractivity contribution in [3.8, 4) is 0 Å². The predicted octanol–water partition coefficient (Wildman–Crippen LogP) is 2.16. The molecule has 154 valence electrons. The molecule has 0 unspecified atom stereocenters. The van der Waals surface area contributed by atoms with Gasteiger partial charge in [-0.25, -0.2) is 0 Å². The molecule has 0 bridgehead atoms. The summed E-state index contributed by atoms with van der Waals surface area (Å²) in [6, 6.07) is 10.4. The monoisotopic (exact) mass is 378 g/mol. The van der Waals surface area contributed by atoms with Crippen LogP contribution in [0.4, 0.5) is 0 Å². The molecular formula is C21H38N4O2. The van der Waals surface area contributed by atoms with E-state index in [4.69, 9.17) is 9.47 Å². The second-order valence-corrected chi connectivity index (χ2v) is 6.54. The Morgan fingerprint density at radius 2 is 1.85 bits per heavy atom. The standard InChI is InChI=1S/C21H38N4O2/c1-4-22-21(24-14-16-25(2)15-9-17-26-3)23-13-8-18-27-19-12-20-10-6-5-7-11-20/h5-7,10-11H,4,8-9,12-19H2,1-3H3,(H2,22,23,24). The molecule has 0 fully saturated rings. The van der Waals surface area contributed by atoms with E-state index in [1.54, 1.807) is 7.11 Å². The van der Waals surface area contributed by atoms with Gasteiger partial charge in [-0.2, -0.15) is 0 Å². The third kappa shape index (κ3) is 13.2. The average molecular weight is 379 g/mol. The first-order chi connectivity index (χ1) is 13.3. The largest absolute Gasteiger partial charge is 0.385 e. The van der Waals surface area contributed by atoms with Gasteiger partial charge >= 0.3 is 0 Å². The first kappa shape index (κ1) is 23.4. The molecular weight excluding hydrogens is 340 g/mol. The van der Waals surface area contributed by atoms with Gasteiger partial charge in [0, 0.05) is 53.0 Å². The van der Waals surface area contributed by atoms with Crippen molar-refractivity contribution in [2.24, 2.45) is 4.99 Å². The lowest BCUT2D eigenvalue weighted by Crippen LogP contribution is -2.41. The zero-order chi connectivity index (χ0) is 19.6. The van der Waals surface area contributed by atoms with Gasteiger partial charge in [0.1, 0.15) is 0 Å². The van der Waals surface area contributed by atoms with Crippen molar-refractivity contribution in [2.75, 3.05) is 66.7 Å². The van der Waals surface area contributed by atoms with Crippen molar-refractivity contribution in [1.29, 1.82) is 0 Å². The van der Waals surface area contributed by atoms with Gasteiger partial charge in [0.2, 0.25) is 0 Å². The Morgan fingerprint density at radius 1 is 1.04 bits per heavy atom. The Hall–Kier alpha value is -1.63.